The summed E-state index contributed by atoms with van der Waals surface area (Å²) in [6.07, 6.45) is -0.497. The number of rotatable bonds is 6. The van der Waals surface area contributed by atoms with Gasteiger partial charge in [-0.25, -0.2) is 4.39 Å². The maximum Gasteiger partial charge on any atom is 0.200 e. The molecule has 1 heterocycles. The summed E-state index contributed by atoms with van der Waals surface area (Å²) >= 11 is 0. The number of halogens is 1. The molecule has 102 valence electrons. The highest BCUT2D eigenvalue weighted by Gasteiger charge is 2.16. The van der Waals surface area contributed by atoms with Crippen LogP contribution in [-0.2, 0) is 9.47 Å². The Morgan fingerprint density at radius 1 is 1.21 bits per heavy atom. The molecule has 1 aromatic carbocycles. The predicted molar refractivity (Wildman–Crippen MR) is 70.0 cm³/mol. The highest BCUT2D eigenvalue weighted by atomic mass is 19.1. The van der Waals surface area contributed by atoms with Gasteiger partial charge in [-0.05, 0) is 32.0 Å². The highest BCUT2D eigenvalue weighted by Crippen LogP contribution is 2.25. The Morgan fingerprint density at radius 2 is 1.89 bits per heavy atom. The van der Waals surface area contributed by atoms with Crippen molar-refractivity contribution in [2.24, 2.45) is 0 Å². The summed E-state index contributed by atoms with van der Waals surface area (Å²) in [6.45, 7) is 4.83. The molecule has 0 atom stereocenters. The third kappa shape index (κ3) is 3.19. The topological polar surface area (TPSA) is 47.1 Å². The van der Waals surface area contributed by atoms with Gasteiger partial charge in [0.15, 0.2) is 6.29 Å². The molecule has 2 aromatic rings. The van der Waals surface area contributed by atoms with E-state index in [1.807, 2.05) is 13.8 Å². The number of hydrogen-bond acceptors (Lipinski definition) is 3. The third-order valence-electron chi connectivity index (χ3n) is 2.64. The van der Waals surface area contributed by atoms with Crippen LogP contribution < -0.4 is 0 Å². The van der Waals surface area contributed by atoms with Crippen molar-refractivity contribution in [1.82, 2.24) is 10.2 Å². The van der Waals surface area contributed by atoms with E-state index in [1.165, 1.54) is 6.07 Å². The lowest BCUT2D eigenvalue weighted by Crippen LogP contribution is -2.09. The number of ether oxygens (including phenoxy) is 2. The van der Waals surface area contributed by atoms with Gasteiger partial charge in [-0.2, -0.15) is 5.10 Å². The molecule has 0 spiro atoms. The van der Waals surface area contributed by atoms with E-state index in [0.29, 0.717) is 30.2 Å². The van der Waals surface area contributed by atoms with Crippen LogP contribution in [0, 0.1) is 5.82 Å². The maximum absolute atomic E-state index is 13.7. The Balaban J connectivity index is 2.25. The van der Waals surface area contributed by atoms with E-state index < -0.39 is 6.29 Å². The molecule has 0 aliphatic rings. The minimum absolute atomic E-state index is 0.301. The Hall–Kier alpha value is -1.72. The van der Waals surface area contributed by atoms with E-state index in [4.69, 9.17) is 9.47 Å². The molecule has 1 aromatic heterocycles. The molecule has 5 heteroatoms. The van der Waals surface area contributed by atoms with Crippen molar-refractivity contribution in [3.8, 4) is 11.3 Å². The molecule has 0 fully saturated rings. The van der Waals surface area contributed by atoms with E-state index in [2.05, 4.69) is 10.2 Å². The molecule has 0 saturated carbocycles. The molecule has 0 unspecified atom stereocenters. The average Bonchev–Trinajstić information content (AvgIpc) is 2.88. The van der Waals surface area contributed by atoms with Crippen molar-refractivity contribution in [1.29, 1.82) is 0 Å². The predicted octanol–water partition coefficient (Wildman–Crippen LogP) is 3.29. The summed E-state index contributed by atoms with van der Waals surface area (Å²) in [7, 11) is 0. The fraction of sp³-hybridized carbons (Fsp3) is 0.357. The fourth-order valence-corrected chi connectivity index (χ4v) is 1.79. The summed E-state index contributed by atoms with van der Waals surface area (Å²) in [5.41, 5.74) is 1.68. The Morgan fingerprint density at radius 3 is 2.53 bits per heavy atom. The number of aromatic amines is 1. The van der Waals surface area contributed by atoms with Gasteiger partial charge in [0.05, 0.1) is 11.4 Å². The van der Waals surface area contributed by atoms with Crippen LogP contribution in [0.5, 0.6) is 0 Å². The number of benzene rings is 1. The van der Waals surface area contributed by atoms with Gasteiger partial charge in [0.1, 0.15) is 5.82 Å². The molecule has 0 saturated heterocycles. The van der Waals surface area contributed by atoms with Crippen LogP contribution in [0.4, 0.5) is 4.39 Å². The molecule has 2 rings (SSSR count). The summed E-state index contributed by atoms with van der Waals surface area (Å²) in [4.78, 5) is 0. The van der Waals surface area contributed by atoms with E-state index >= 15 is 0 Å². The molecule has 0 radical (unpaired) electrons. The quantitative estimate of drug-likeness (QED) is 0.814. The molecule has 4 nitrogen and oxygen atoms in total. The highest BCUT2D eigenvalue weighted by molar-refractivity contribution is 5.59. The molecule has 0 aliphatic heterocycles. The molecule has 1 N–H and O–H groups in total. The SMILES string of the molecule is CCOC(OCC)c1cc(-c2ccccc2F)n[nH]1. The van der Waals surface area contributed by atoms with Crippen LogP contribution >= 0.6 is 0 Å². The van der Waals surface area contributed by atoms with Crippen LogP contribution in [0.15, 0.2) is 30.3 Å². The van der Waals surface area contributed by atoms with Crippen LogP contribution in [0.3, 0.4) is 0 Å². The van der Waals surface area contributed by atoms with Gasteiger partial charge in [-0.1, -0.05) is 12.1 Å². The molecular formula is C14H17FN2O2. The standard InChI is InChI=1S/C14H17FN2O2/c1-3-18-14(19-4-2)13-9-12(16-17-13)10-7-5-6-8-11(10)15/h5-9,14H,3-4H2,1-2H3,(H,16,17). The van der Waals surface area contributed by atoms with Gasteiger partial charge >= 0.3 is 0 Å². The normalized spacial score (nSPS) is 11.2. The molecule has 19 heavy (non-hydrogen) atoms. The third-order valence-corrected chi connectivity index (χ3v) is 2.64. The monoisotopic (exact) mass is 264 g/mol. The first kappa shape index (κ1) is 13.7. The van der Waals surface area contributed by atoms with Crippen molar-refractivity contribution >= 4 is 0 Å². The zero-order valence-corrected chi connectivity index (χ0v) is 11.0. The Labute approximate surface area is 111 Å². The summed E-state index contributed by atoms with van der Waals surface area (Å²) in [6, 6.07) is 8.26. The lowest BCUT2D eigenvalue weighted by molar-refractivity contribution is -0.142. The van der Waals surface area contributed by atoms with Crippen LogP contribution in [-0.4, -0.2) is 23.4 Å². The Bertz CT molecular complexity index is 522. The van der Waals surface area contributed by atoms with Gasteiger partial charge in [-0.3, -0.25) is 5.10 Å². The average molecular weight is 264 g/mol. The van der Waals surface area contributed by atoms with Crippen molar-refractivity contribution in [2.75, 3.05) is 13.2 Å². The first-order valence-electron chi connectivity index (χ1n) is 6.29. The molecular weight excluding hydrogens is 247 g/mol. The Kier molecular flexibility index (Phi) is 4.65. The number of H-pyrrole nitrogens is 1. The van der Waals surface area contributed by atoms with Gasteiger partial charge in [-0.15, -0.1) is 0 Å². The molecule has 0 bridgehead atoms. The lowest BCUT2D eigenvalue weighted by Gasteiger charge is -2.14. The number of aromatic nitrogens is 2. The second-order valence-corrected chi connectivity index (χ2v) is 3.93. The van der Waals surface area contributed by atoms with Gasteiger partial charge < -0.3 is 9.47 Å². The summed E-state index contributed by atoms with van der Waals surface area (Å²) < 4.78 is 24.6. The first-order valence-corrected chi connectivity index (χ1v) is 6.29. The smallest absolute Gasteiger partial charge is 0.200 e. The summed E-state index contributed by atoms with van der Waals surface area (Å²) in [5, 5.41) is 6.94. The fourth-order valence-electron chi connectivity index (χ4n) is 1.79. The number of nitrogens with zero attached hydrogens (tertiary/aromatic N) is 1. The van der Waals surface area contributed by atoms with Crippen LogP contribution in [0.25, 0.3) is 11.3 Å². The lowest BCUT2D eigenvalue weighted by atomic mass is 10.1. The first-order chi connectivity index (χ1) is 9.26. The maximum atomic E-state index is 13.7. The van der Waals surface area contributed by atoms with E-state index in [-0.39, 0.29) is 5.82 Å². The second kappa shape index (κ2) is 6.45. The number of hydrogen-bond donors (Lipinski definition) is 1. The van der Waals surface area contributed by atoms with Crippen molar-refractivity contribution < 1.29 is 13.9 Å². The molecule has 0 amide bonds. The minimum Gasteiger partial charge on any atom is -0.347 e. The largest absolute Gasteiger partial charge is 0.347 e. The zero-order valence-electron chi connectivity index (χ0n) is 11.0. The number of nitrogens with one attached hydrogen (secondary N) is 1. The van der Waals surface area contributed by atoms with E-state index in [0.717, 1.165) is 0 Å². The van der Waals surface area contributed by atoms with Gasteiger partial charge in [0.2, 0.25) is 0 Å². The van der Waals surface area contributed by atoms with Gasteiger partial charge in [0.25, 0.3) is 0 Å². The minimum atomic E-state index is -0.497. The van der Waals surface area contributed by atoms with E-state index in [9.17, 15) is 4.39 Å². The van der Waals surface area contributed by atoms with Crippen LogP contribution in [0.1, 0.15) is 25.8 Å². The van der Waals surface area contributed by atoms with Crippen molar-refractivity contribution in [3.05, 3.63) is 41.8 Å². The molecule has 0 aliphatic carbocycles. The van der Waals surface area contributed by atoms with E-state index in [1.54, 1.807) is 24.3 Å². The van der Waals surface area contributed by atoms with Crippen molar-refractivity contribution in [2.45, 2.75) is 20.1 Å². The second-order valence-electron chi connectivity index (χ2n) is 3.93. The van der Waals surface area contributed by atoms with Crippen LogP contribution in [0.2, 0.25) is 0 Å². The van der Waals surface area contributed by atoms with Crippen molar-refractivity contribution in [3.63, 3.8) is 0 Å². The van der Waals surface area contributed by atoms with Gasteiger partial charge in [0, 0.05) is 18.8 Å². The zero-order chi connectivity index (χ0) is 13.7. The summed E-state index contributed by atoms with van der Waals surface area (Å²) in [5.74, 6) is -0.301.